The standard InChI is InChI=1S/C20H20FNO6S/c1-11(22-10-29(3,25)26)14-8-17-15(9-16(14)27-2)18(20(23)24)19(28-17)12-4-6-13(21)7-5-12/h4-9,11,22H,10H2,1-3H3,(H,23,24). The number of aromatic carboxylic acids is 1. The Bertz CT molecular complexity index is 1170. The van der Waals surface area contributed by atoms with Crippen LogP contribution < -0.4 is 10.1 Å². The van der Waals surface area contributed by atoms with Gasteiger partial charge in [0, 0.05) is 28.8 Å². The van der Waals surface area contributed by atoms with E-state index in [2.05, 4.69) is 5.32 Å². The molecular formula is C20H20FNO6S. The molecule has 9 heteroatoms. The molecule has 0 fully saturated rings. The van der Waals surface area contributed by atoms with Crippen molar-refractivity contribution in [1.82, 2.24) is 5.32 Å². The molecule has 1 heterocycles. The summed E-state index contributed by atoms with van der Waals surface area (Å²) in [5.41, 5.74) is 1.27. The molecule has 1 aromatic heterocycles. The second-order valence-electron chi connectivity index (χ2n) is 6.70. The fourth-order valence-electron chi connectivity index (χ4n) is 3.06. The van der Waals surface area contributed by atoms with Gasteiger partial charge >= 0.3 is 5.97 Å². The maximum Gasteiger partial charge on any atom is 0.340 e. The van der Waals surface area contributed by atoms with Gasteiger partial charge in [-0.1, -0.05) is 0 Å². The third kappa shape index (κ3) is 4.41. The first-order valence-corrected chi connectivity index (χ1v) is 10.7. The van der Waals surface area contributed by atoms with E-state index < -0.39 is 27.7 Å². The van der Waals surface area contributed by atoms with Crippen molar-refractivity contribution in [3.63, 3.8) is 0 Å². The van der Waals surface area contributed by atoms with Crippen LogP contribution in [0.1, 0.15) is 28.9 Å². The number of ether oxygens (including phenoxy) is 1. The lowest BCUT2D eigenvalue weighted by Crippen LogP contribution is -2.25. The van der Waals surface area contributed by atoms with Crippen molar-refractivity contribution in [2.45, 2.75) is 13.0 Å². The molecule has 1 atom stereocenters. The molecule has 3 rings (SSSR count). The summed E-state index contributed by atoms with van der Waals surface area (Å²) in [6.45, 7) is 1.76. The first-order valence-electron chi connectivity index (χ1n) is 8.65. The zero-order valence-corrected chi connectivity index (χ0v) is 16.8. The largest absolute Gasteiger partial charge is 0.496 e. The van der Waals surface area contributed by atoms with E-state index in [1.54, 1.807) is 19.1 Å². The Morgan fingerprint density at radius 1 is 1.28 bits per heavy atom. The molecule has 0 saturated heterocycles. The van der Waals surface area contributed by atoms with Gasteiger partial charge in [-0.2, -0.15) is 0 Å². The van der Waals surface area contributed by atoms with Crippen molar-refractivity contribution in [1.29, 1.82) is 0 Å². The predicted molar refractivity (Wildman–Crippen MR) is 106 cm³/mol. The van der Waals surface area contributed by atoms with Gasteiger partial charge in [0.1, 0.15) is 28.5 Å². The number of hydrogen-bond acceptors (Lipinski definition) is 6. The van der Waals surface area contributed by atoms with Gasteiger partial charge in [0.2, 0.25) is 0 Å². The van der Waals surface area contributed by atoms with Crippen LogP contribution >= 0.6 is 0 Å². The minimum atomic E-state index is -3.23. The Morgan fingerprint density at radius 3 is 2.48 bits per heavy atom. The average molecular weight is 421 g/mol. The lowest BCUT2D eigenvalue weighted by Gasteiger charge is -2.17. The number of fused-ring (bicyclic) bond motifs is 1. The number of carbonyl (C=O) groups is 1. The Kier molecular flexibility index (Phi) is 5.63. The van der Waals surface area contributed by atoms with Gasteiger partial charge in [-0.15, -0.1) is 0 Å². The highest BCUT2D eigenvalue weighted by Gasteiger charge is 2.24. The molecule has 0 aliphatic rings. The molecule has 3 aromatic rings. The highest BCUT2D eigenvalue weighted by atomic mass is 32.2. The van der Waals surface area contributed by atoms with Gasteiger partial charge in [0.15, 0.2) is 9.84 Å². The fraction of sp³-hybridized carbons (Fsp3) is 0.250. The van der Waals surface area contributed by atoms with E-state index in [0.29, 0.717) is 27.8 Å². The summed E-state index contributed by atoms with van der Waals surface area (Å²) in [6.07, 6.45) is 1.12. The predicted octanol–water partition coefficient (Wildman–Crippen LogP) is 3.60. The molecule has 2 N–H and O–H groups in total. The summed E-state index contributed by atoms with van der Waals surface area (Å²) < 4.78 is 47.3. The van der Waals surface area contributed by atoms with E-state index in [1.807, 2.05) is 0 Å². The van der Waals surface area contributed by atoms with Gasteiger partial charge in [0.05, 0.1) is 13.0 Å². The molecule has 0 amide bonds. The maximum absolute atomic E-state index is 13.2. The zero-order chi connectivity index (χ0) is 21.3. The molecule has 0 spiro atoms. The number of sulfone groups is 1. The molecule has 29 heavy (non-hydrogen) atoms. The van der Waals surface area contributed by atoms with Crippen LogP contribution in [0.15, 0.2) is 40.8 Å². The Balaban J connectivity index is 2.15. The lowest BCUT2D eigenvalue weighted by molar-refractivity contribution is 0.0699. The monoisotopic (exact) mass is 421 g/mol. The normalized spacial score (nSPS) is 12.8. The quantitative estimate of drug-likeness (QED) is 0.600. The number of nitrogens with one attached hydrogen (secondary N) is 1. The van der Waals surface area contributed by atoms with Crippen molar-refractivity contribution in [3.05, 3.63) is 53.3 Å². The van der Waals surface area contributed by atoms with Gasteiger partial charge < -0.3 is 14.3 Å². The number of halogens is 1. The summed E-state index contributed by atoms with van der Waals surface area (Å²) in [5, 5.41) is 12.9. The van der Waals surface area contributed by atoms with Crippen molar-refractivity contribution in [2.75, 3.05) is 19.2 Å². The Hall–Kier alpha value is -2.91. The second kappa shape index (κ2) is 7.84. The minimum Gasteiger partial charge on any atom is -0.496 e. The molecule has 2 aromatic carbocycles. The van der Waals surface area contributed by atoms with Crippen LogP contribution in [0.4, 0.5) is 4.39 Å². The van der Waals surface area contributed by atoms with Crippen LogP contribution in [-0.4, -0.2) is 38.7 Å². The highest BCUT2D eigenvalue weighted by Crippen LogP contribution is 2.38. The van der Waals surface area contributed by atoms with E-state index in [4.69, 9.17) is 9.15 Å². The van der Waals surface area contributed by atoms with Crippen LogP contribution in [0.2, 0.25) is 0 Å². The summed E-state index contributed by atoms with van der Waals surface area (Å²) in [4.78, 5) is 11.9. The third-order valence-electron chi connectivity index (χ3n) is 4.48. The first-order chi connectivity index (χ1) is 13.6. The highest BCUT2D eigenvalue weighted by molar-refractivity contribution is 7.90. The van der Waals surface area contributed by atoms with Crippen molar-refractivity contribution in [3.8, 4) is 17.1 Å². The van der Waals surface area contributed by atoms with Gasteiger partial charge in [-0.3, -0.25) is 5.32 Å². The summed E-state index contributed by atoms with van der Waals surface area (Å²) in [7, 11) is -1.79. The second-order valence-corrected chi connectivity index (χ2v) is 8.84. The minimum absolute atomic E-state index is 0.0618. The summed E-state index contributed by atoms with van der Waals surface area (Å²) in [5.74, 6) is -1.38. The van der Waals surface area contributed by atoms with Gasteiger partial charge in [-0.05, 0) is 43.3 Å². The molecule has 0 radical (unpaired) electrons. The van der Waals surface area contributed by atoms with E-state index in [-0.39, 0.29) is 17.2 Å². The molecule has 0 aliphatic heterocycles. The molecule has 7 nitrogen and oxygen atoms in total. The number of furan rings is 1. The molecular weight excluding hydrogens is 401 g/mol. The maximum atomic E-state index is 13.2. The molecule has 0 bridgehead atoms. The van der Waals surface area contributed by atoms with E-state index in [9.17, 15) is 22.7 Å². The lowest BCUT2D eigenvalue weighted by atomic mass is 10.0. The van der Waals surface area contributed by atoms with Crippen LogP contribution in [0.5, 0.6) is 5.75 Å². The van der Waals surface area contributed by atoms with Crippen molar-refractivity contribution < 1.29 is 31.9 Å². The number of carboxylic acid groups (broad SMARTS) is 1. The third-order valence-corrected chi connectivity index (χ3v) is 5.17. The van der Waals surface area contributed by atoms with Gasteiger partial charge in [0.25, 0.3) is 0 Å². The fourth-order valence-corrected chi connectivity index (χ4v) is 3.61. The zero-order valence-electron chi connectivity index (χ0n) is 16.0. The van der Waals surface area contributed by atoms with Crippen LogP contribution in [-0.2, 0) is 9.84 Å². The molecule has 1 unspecified atom stereocenters. The number of hydrogen-bond donors (Lipinski definition) is 2. The molecule has 0 saturated carbocycles. The summed E-state index contributed by atoms with van der Waals surface area (Å²) in [6, 6.07) is 8.07. The van der Waals surface area contributed by atoms with Crippen LogP contribution in [0.3, 0.4) is 0 Å². The van der Waals surface area contributed by atoms with E-state index >= 15 is 0 Å². The average Bonchev–Trinajstić information content (AvgIpc) is 3.03. The number of benzene rings is 2. The van der Waals surface area contributed by atoms with Crippen molar-refractivity contribution in [2.24, 2.45) is 0 Å². The molecule has 0 aliphatic carbocycles. The summed E-state index contributed by atoms with van der Waals surface area (Å²) >= 11 is 0. The van der Waals surface area contributed by atoms with E-state index in [1.165, 1.54) is 31.4 Å². The van der Waals surface area contributed by atoms with Gasteiger partial charge in [-0.25, -0.2) is 17.6 Å². The van der Waals surface area contributed by atoms with Crippen LogP contribution in [0.25, 0.3) is 22.3 Å². The first kappa shape index (κ1) is 20.8. The SMILES string of the molecule is COc1cc2c(C(=O)O)c(-c3ccc(F)cc3)oc2cc1C(C)NCS(C)(=O)=O. The van der Waals surface area contributed by atoms with E-state index in [0.717, 1.165) is 6.26 Å². The number of carboxylic acids is 1. The number of methoxy groups -OCH3 is 1. The Morgan fingerprint density at radius 2 is 1.93 bits per heavy atom. The van der Waals surface area contributed by atoms with Crippen molar-refractivity contribution >= 4 is 26.8 Å². The smallest absolute Gasteiger partial charge is 0.340 e. The Labute approximate surface area is 167 Å². The number of rotatable bonds is 7. The van der Waals surface area contributed by atoms with Crippen LogP contribution in [0, 0.1) is 5.82 Å². The molecule has 154 valence electrons. The topological polar surface area (TPSA) is 106 Å².